The molecule has 6 nitrogen and oxygen atoms in total. The molecule has 2 aromatic rings. The molecule has 0 saturated heterocycles. The maximum Gasteiger partial charge on any atom is 0.336 e. The number of carbonyl (C=O) groups is 1. The number of carboxylic acids is 1. The van der Waals surface area contributed by atoms with E-state index in [1.165, 1.54) is 31.6 Å². The van der Waals surface area contributed by atoms with Crippen LogP contribution in [0.1, 0.15) is 10.4 Å². The summed E-state index contributed by atoms with van der Waals surface area (Å²) in [5.41, 5.74) is 0.403. The predicted molar refractivity (Wildman–Crippen MR) is 85.9 cm³/mol. The normalized spacial score (nSPS) is 11.1. The molecule has 0 saturated carbocycles. The van der Waals surface area contributed by atoms with E-state index in [1.807, 2.05) is 22.6 Å². The zero-order chi connectivity index (χ0) is 15.6. The standard InChI is InChI=1S/C13H11IN2O4S/c1-16(9-4-6-15-7-5-9)21(19,20)10-2-3-12(14)11(8-10)13(17)18/h2-8H,1H3,(H,17,18). The minimum atomic E-state index is -3.83. The molecule has 0 spiro atoms. The summed E-state index contributed by atoms with van der Waals surface area (Å²) in [7, 11) is -2.42. The number of benzene rings is 1. The molecule has 8 heteroatoms. The van der Waals surface area contributed by atoms with Crippen LogP contribution >= 0.6 is 22.6 Å². The lowest BCUT2D eigenvalue weighted by molar-refractivity contribution is 0.0695. The van der Waals surface area contributed by atoms with Gasteiger partial charge in [0.05, 0.1) is 16.1 Å². The Hall–Kier alpha value is -1.68. The van der Waals surface area contributed by atoms with Crippen LogP contribution in [0.25, 0.3) is 0 Å². The van der Waals surface area contributed by atoms with Gasteiger partial charge >= 0.3 is 5.97 Å². The number of rotatable bonds is 4. The average Bonchev–Trinajstić information content (AvgIpc) is 2.47. The van der Waals surface area contributed by atoms with Crippen molar-refractivity contribution < 1.29 is 18.3 Å². The molecule has 0 aliphatic heterocycles. The van der Waals surface area contributed by atoms with Crippen LogP contribution in [-0.2, 0) is 10.0 Å². The molecule has 1 heterocycles. The van der Waals surface area contributed by atoms with Gasteiger partial charge in [0.25, 0.3) is 10.0 Å². The van der Waals surface area contributed by atoms with E-state index in [-0.39, 0.29) is 10.5 Å². The van der Waals surface area contributed by atoms with Crippen LogP contribution in [0.15, 0.2) is 47.6 Å². The summed E-state index contributed by atoms with van der Waals surface area (Å²) in [6.07, 6.45) is 2.97. The monoisotopic (exact) mass is 418 g/mol. The van der Waals surface area contributed by atoms with Crippen LogP contribution in [-0.4, -0.2) is 31.5 Å². The first-order valence-electron chi connectivity index (χ1n) is 5.76. The molecule has 0 amide bonds. The van der Waals surface area contributed by atoms with Crippen LogP contribution in [0.4, 0.5) is 5.69 Å². The summed E-state index contributed by atoms with van der Waals surface area (Å²) in [6.45, 7) is 0. The maximum absolute atomic E-state index is 12.5. The summed E-state index contributed by atoms with van der Waals surface area (Å²) in [5.74, 6) is -1.16. The van der Waals surface area contributed by atoms with Gasteiger partial charge in [-0.25, -0.2) is 13.2 Å². The number of hydrogen-bond donors (Lipinski definition) is 1. The first kappa shape index (κ1) is 15.7. The van der Waals surface area contributed by atoms with Crippen molar-refractivity contribution in [1.82, 2.24) is 4.98 Å². The van der Waals surface area contributed by atoms with E-state index in [0.717, 1.165) is 10.4 Å². The second kappa shape index (κ2) is 5.98. The molecule has 0 bridgehead atoms. The number of nitrogens with zero attached hydrogens (tertiary/aromatic N) is 2. The summed E-state index contributed by atoms with van der Waals surface area (Å²) in [4.78, 5) is 14.9. The summed E-state index contributed by atoms with van der Waals surface area (Å²) in [5, 5.41) is 9.09. The van der Waals surface area contributed by atoms with Crippen molar-refractivity contribution in [2.75, 3.05) is 11.4 Å². The highest BCUT2D eigenvalue weighted by Crippen LogP contribution is 2.24. The summed E-state index contributed by atoms with van der Waals surface area (Å²) < 4.78 is 26.6. The van der Waals surface area contributed by atoms with Gasteiger partial charge in [-0.05, 0) is 52.9 Å². The lowest BCUT2D eigenvalue weighted by Gasteiger charge is -2.19. The van der Waals surface area contributed by atoms with E-state index in [9.17, 15) is 13.2 Å². The molecule has 1 aromatic carbocycles. The van der Waals surface area contributed by atoms with Gasteiger partial charge in [-0.2, -0.15) is 0 Å². The predicted octanol–water partition coefficient (Wildman–Crippen LogP) is 2.21. The minimum absolute atomic E-state index is 0.0418. The fourth-order valence-electron chi connectivity index (χ4n) is 1.68. The molecule has 110 valence electrons. The van der Waals surface area contributed by atoms with E-state index >= 15 is 0 Å². The second-order valence-electron chi connectivity index (χ2n) is 4.12. The summed E-state index contributed by atoms with van der Waals surface area (Å²) in [6, 6.07) is 7.14. The van der Waals surface area contributed by atoms with E-state index < -0.39 is 16.0 Å². The Morgan fingerprint density at radius 2 is 1.86 bits per heavy atom. The lowest BCUT2D eigenvalue weighted by Crippen LogP contribution is -2.26. The number of carboxylic acid groups (broad SMARTS) is 1. The van der Waals surface area contributed by atoms with Crippen molar-refractivity contribution in [3.8, 4) is 0 Å². The molecule has 1 N–H and O–H groups in total. The number of anilines is 1. The van der Waals surface area contributed by atoms with Crippen molar-refractivity contribution in [2.24, 2.45) is 0 Å². The lowest BCUT2D eigenvalue weighted by atomic mass is 10.2. The third-order valence-corrected chi connectivity index (χ3v) is 5.58. The van der Waals surface area contributed by atoms with Gasteiger partial charge in [0.1, 0.15) is 0 Å². The smallest absolute Gasteiger partial charge is 0.336 e. The van der Waals surface area contributed by atoms with Crippen LogP contribution in [0, 0.1) is 3.57 Å². The van der Waals surface area contributed by atoms with Gasteiger partial charge in [0.15, 0.2) is 0 Å². The Morgan fingerprint density at radius 1 is 1.24 bits per heavy atom. The molecule has 21 heavy (non-hydrogen) atoms. The van der Waals surface area contributed by atoms with Crippen LogP contribution in [0.5, 0.6) is 0 Å². The molecular formula is C13H11IN2O4S. The fraction of sp³-hybridized carbons (Fsp3) is 0.0769. The molecule has 0 unspecified atom stereocenters. The van der Waals surface area contributed by atoms with E-state index in [2.05, 4.69) is 4.98 Å². The largest absolute Gasteiger partial charge is 0.478 e. The second-order valence-corrected chi connectivity index (χ2v) is 7.26. The molecule has 0 aliphatic rings. The molecule has 0 atom stereocenters. The molecule has 2 rings (SSSR count). The number of pyridine rings is 1. The summed E-state index contributed by atoms with van der Waals surface area (Å²) >= 11 is 1.85. The zero-order valence-corrected chi connectivity index (χ0v) is 13.9. The van der Waals surface area contributed by atoms with Crippen LogP contribution < -0.4 is 4.31 Å². The highest BCUT2D eigenvalue weighted by Gasteiger charge is 2.23. The highest BCUT2D eigenvalue weighted by molar-refractivity contribution is 14.1. The molecule has 0 fully saturated rings. The number of halogens is 1. The number of aromatic nitrogens is 1. The molecular weight excluding hydrogens is 407 g/mol. The average molecular weight is 418 g/mol. The van der Waals surface area contributed by atoms with Crippen LogP contribution in [0.2, 0.25) is 0 Å². The SMILES string of the molecule is CN(c1ccncc1)S(=O)(=O)c1ccc(I)c(C(=O)O)c1. The zero-order valence-electron chi connectivity index (χ0n) is 10.9. The number of sulfonamides is 1. The van der Waals surface area contributed by atoms with Gasteiger partial charge in [-0.3, -0.25) is 9.29 Å². The fourth-order valence-corrected chi connectivity index (χ4v) is 3.47. The Labute approximate surface area is 135 Å². The van der Waals surface area contributed by atoms with Gasteiger partial charge in [-0.1, -0.05) is 0 Å². The number of aromatic carboxylic acids is 1. The van der Waals surface area contributed by atoms with E-state index in [0.29, 0.717) is 9.26 Å². The van der Waals surface area contributed by atoms with Gasteiger partial charge in [0, 0.05) is 23.0 Å². The van der Waals surface area contributed by atoms with Crippen molar-refractivity contribution in [3.63, 3.8) is 0 Å². The van der Waals surface area contributed by atoms with Crippen molar-refractivity contribution in [2.45, 2.75) is 4.90 Å². The van der Waals surface area contributed by atoms with Crippen molar-refractivity contribution in [3.05, 3.63) is 51.9 Å². The Bertz CT molecular complexity index is 778. The topological polar surface area (TPSA) is 87.6 Å². The number of hydrogen-bond acceptors (Lipinski definition) is 4. The Morgan fingerprint density at radius 3 is 2.43 bits per heavy atom. The maximum atomic E-state index is 12.5. The van der Waals surface area contributed by atoms with Crippen LogP contribution in [0.3, 0.4) is 0 Å². The Kier molecular flexibility index (Phi) is 4.47. The van der Waals surface area contributed by atoms with Crippen molar-refractivity contribution >= 4 is 44.3 Å². The third-order valence-electron chi connectivity index (χ3n) is 2.85. The molecule has 0 radical (unpaired) electrons. The van der Waals surface area contributed by atoms with Gasteiger partial charge < -0.3 is 5.11 Å². The third kappa shape index (κ3) is 3.16. The first-order chi connectivity index (χ1) is 9.84. The van der Waals surface area contributed by atoms with E-state index in [1.54, 1.807) is 12.1 Å². The Balaban J connectivity index is 2.50. The highest BCUT2D eigenvalue weighted by atomic mass is 127. The minimum Gasteiger partial charge on any atom is -0.478 e. The molecule has 1 aromatic heterocycles. The van der Waals surface area contributed by atoms with Gasteiger partial charge in [0.2, 0.25) is 0 Å². The van der Waals surface area contributed by atoms with Gasteiger partial charge in [-0.15, -0.1) is 0 Å². The molecule has 0 aliphatic carbocycles. The quantitative estimate of drug-likeness (QED) is 0.770. The first-order valence-corrected chi connectivity index (χ1v) is 8.27. The van der Waals surface area contributed by atoms with Crippen molar-refractivity contribution in [1.29, 1.82) is 0 Å². The van der Waals surface area contributed by atoms with E-state index in [4.69, 9.17) is 5.11 Å².